The lowest BCUT2D eigenvalue weighted by Gasteiger charge is -2.31. The summed E-state index contributed by atoms with van der Waals surface area (Å²) in [6.07, 6.45) is 0. The average Bonchev–Trinajstić information content (AvgIpc) is 3.16. The largest absolute Gasteiger partial charge is 0.378 e. The van der Waals surface area contributed by atoms with Crippen LogP contribution in [0.15, 0.2) is 77.8 Å². The number of amidine groups is 1. The maximum absolute atomic E-state index is 13.5. The molecule has 0 unspecified atom stereocenters. The highest BCUT2D eigenvalue weighted by atomic mass is 19.1. The molecule has 0 aromatic heterocycles. The van der Waals surface area contributed by atoms with Crippen LogP contribution < -0.4 is 10.2 Å². The SMILES string of the molecule is CN(C)c1cccc(C2=NCC(c3ccc(F)cc3)(c3ccc(F)cc3)N2)c1. The molecule has 1 aliphatic rings. The number of benzene rings is 3. The van der Waals surface area contributed by atoms with Gasteiger partial charge < -0.3 is 10.2 Å². The van der Waals surface area contributed by atoms with Gasteiger partial charge in [-0.25, -0.2) is 8.78 Å². The van der Waals surface area contributed by atoms with Gasteiger partial charge in [-0.1, -0.05) is 36.4 Å². The zero-order chi connectivity index (χ0) is 19.7. The van der Waals surface area contributed by atoms with Gasteiger partial charge in [0.05, 0.1) is 6.54 Å². The van der Waals surface area contributed by atoms with Gasteiger partial charge in [-0.2, -0.15) is 0 Å². The Morgan fingerprint density at radius 1 is 0.857 bits per heavy atom. The monoisotopic (exact) mass is 377 g/mol. The van der Waals surface area contributed by atoms with E-state index in [0.717, 1.165) is 28.2 Å². The molecule has 3 nitrogen and oxygen atoms in total. The predicted molar refractivity (Wildman–Crippen MR) is 109 cm³/mol. The van der Waals surface area contributed by atoms with Crippen LogP contribution in [0.4, 0.5) is 14.5 Å². The van der Waals surface area contributed by atoms with Crippen molar-refractivity contribution in [3.63, 3.8) is 0 Å². The normalized spacial score (nSPS) is 15.1. The number of hydrogen-bond donors (Lipinski definition) is 1. The molecule has 0 saturated carbocycles. The molecule has 0 bridgehead atoms. The van der Waals surface area contributed by atoms with Crippen molar-refractivity contribution in [2.45, 2.75) is 5.54 Å². The molecule has 1 aliphatic heterocycles. The van der Waals surface area contributed by atoms with Crippen molar-refractivity contribution >= 4 is 11.5 Å². The van der Waals surface area contributed by atoms with Gasteiger partial charge in [0, 0.05) is 25.3 Å². The third-order valence-electron chi connectivity index (χ3n) is 5.12. The molecule has 0 atom stereocenters. The minimum atomic E-state index is -0.676. The van der Waals surface area contributed by atoms with Crippen LogP contribution in [0, 0.1) is 11.6 Å². The Labute approximate surface area is 163 Å². The average molecular weight is 377 g/mol. The van der Waals surface area contributed by atoms with Crippen molar-refractivity contribution < 1.29 is 8.78 Å². The van der Waals surface area contributed by atoms with E-state index in [2.05, 4.69) is 11.4 Å². The molecule has 0 amide bonds. The molecule has 28 heavy (non-hydrogen) atoms. The van der Waals surface area contributed by atoms with Crippen LogP contribution in [0.25, 0.3) is 0 Å². The number of nitrogens with one attached hydrogen (secondary N) is 1. The summed E-state index contributed by atoms with van der Waals surface area (Å²) >= 11 is 0. The molecule has 0 radical (unpaired) electrons. The molecule has 1 N–H and O–H groups in total. The van der Waals surface area contributed by atoms with Gasteiger partial charge in [-0.3, -0.25) is 4.99 Å². The first kappa shape index (κ1) is 18.2. The Kier molecular flexibility index (Phi) is 4.59. The lowest BCUT2D eigenvalue weighted by molar-refractivity contribution is 0.520. The van der Waals surface area contributed by atoms with Crippen molar-refractivity contribution in [2.75, 3.05) is 25.5 Å². The topological polar surface area (TPSA) is 27.6 Å². The fourth-order valence-electron chi connectivity index (χ4n) is 3.54. The van der Waals surface area contributed by atoms with Crippen molar-refractivity contribution in [3.8, 4) is 0 Å². The summed E-state index contributed by atoms with van der Waals surface area (Å²) in [5.41, 5.74) is 3.12. The second-order valence-corrected chi connectivity index (χ2v) is 7.15. The van der Waals surface area contributed by atoms with Gasteiger partial charge in [0.15, 0.2) is 0 Å². The van der Waals surface area contributed by atoms with E-state index in [0.29, 0.717) is 6.54 Å². The Bertz CT molecular complexity index is 963. The zero-order valence-electron chi connectivity index (χ0n) is 15.8. The molecule has 4 rings (SSSR count). The zero-order valence-corrected chi connectivity index (χ0v) is 15.8. The highest BCUT2D eigenvalue weighted by Crippen LogP contribution is 2.34. The lowest BCUT2D eigenvalue weighted by atomic mass is 9.83. The number of aliphatic imine (C=N–C) groups is 1. The summed E-state index contributed by atoms with van der Waals surface area (Å²) in [4.78, 5) is 6.79. The first-order chi connectivity index (χ1) is 13.5. The van der Waals surface area contributed by atoms with E-state index in [1.54, 1.807) is 24.3 Å². The summed E-state index contributed by atoms with van der Waals surface area (Å²) in [6, 6.07) is 20.8. The smallest absolute Gasteiger partial charge is 0.129 e. The predicted octanol–water partition coefficient (Wildman–Crippen LogP) is 4.32. The van der Waals surface area contributed by atoms with E-state index in [4.69, 9.17) is 4.99 Å². The van der Waals surface area contributed by atoms with Crippen LogP contribution >= 0.6 is 0 Å². The molecule has 3 aromatic carbocycles. The van der Waals surface area contributed by atoms with Gasteiger partial charge in [0.25, 0.3) is 0 Å². The number of rotatable bonds is 4. The summed E-state index contributed by atoms with van der Waals surface area (Å²) < 4.78 is 27.0. The van der Waals surface area contributed by atoms with Gasteiger partial charge in [0.1, 0.15) is 23.0 Å². The van der Waals surface area contributed by atoms with Gasteiger partial charge >= 0.3 is 0 Å². The summed E-state index contributed by atoms with van der Waals surface area (Å²) in [6.45, 7) is 0.436. The van der Waals surface area contributed by atoms with Gasteiger partial charge in [-0.15, -0.1) is 0 Å². The standard InChI is InChI=1S/C23H21F2N3/c1-28(2)21-5-3-4-16(14-21)22-26-15-23(27-22,17-6-10-19(24)11-7-17)18-8-12-20(25)13-9-18/h3-14H,15H2,1-2H3,(H,26,27). The third-order valence-corrected chi connectivity index (χ3v) is 5.12. The van der Waals surface area contributed by atoms with Crippen LogP contribution in [0.3, 0.4) is 0 Å². The molecule has 0 spiro atoms. The Morgan fingerprint density at radius 2 is 1.43 bits per heavy atom. The number of hydrogen-bond acceptors (Lipinski definition) is 3. The second kappa shape index (κ2) is 7.08. The van der Waals surface area contributed by atoms with E-state index in [9.17, 15) is 8.78 Å². The number of nitrogens with zero attached hydrogens (tertiary/aromatic N) is 2. The maximum atomic E-state index is 13.5. The molecule has 142 valence electrons. The first-order valence-electron chi connectivity index (χ1n) is 9.10. The van der Waals surface area contributed by atoms with E-state index in [1.165, 1.54) is 24.3 Å². The van der Waals surface area contributed by atoms with Crippen LogP contribution in [-0.4, -0.2) is 26.5 Å². The van der Waals surface area contributed by atoms with E-state index in [1.807, 2.05) is 37.2 Å². The summed E-state index contributed by atoms with van der Waals surface area (Å²) in [5, 5.41) is 3.54. The van der Waals surface area contributed by atoms with Crippen molar-refractivity contribution in [2.24, 2.45) is 4.99 Å². The third kappa shape index (κ3) is 3.24. The van der Waals surface area contributed by atoms with Gasteiger partial charge in [-0.05, 0) is 47.5 Å². The molecule has 5 heteroatoms. The molecule has 0 fully saturated rings. The van der Waals surface area contributed by atoms with E-state index in [-0.39, 0.29) is 11.6 Å². The lowest BCUT2D eigenvalue weighted by Crippen LogP contribution is -2.44. The highest BCUT2D eigenvalue weighted by molar-refractivity contribution is 6.01. The first-order valence-corrected chi connectivity index (χ1v) is 9.10. The minimum absolute atomic E-state index is 0.296. The molecular weight excluding hydrogens is 356 g/mol. The molecule has 0 aliphatic carbocycles. The van der Waals surface area contributed by atoms with Crippen molar-refractivity contribution in [3.05, 3.63) is 101 Å². The Morgan fingerprint density at radius 3 is 1.96 bits per heavy atom. The maximum Gasteiger partial charge on any atom is 0.129 e. The summed E-state index contributed by atoms with van der Waals surface area (Å²) in [5.74, 6) is 0.170. The molecular formula is C23H21F2N3. The Hall–Kier alpha value is -3.21. The van der Waals surface area contributed by atoms with Crippen LogP contribution in [0.5, 0.6) is 0 Å². The minimum Gasteiger partial charge on any atom is -0.378 e. The number of anilines is 1. The van der Waals surface area contributed by atoms with Crippen LogP contribution in [0.1, 0.15) is 16.7 Å². The fraction of sp³-hybridized carbons (Fsp3) is 0.174. The Balaban J connectivity index is 1.76. The van der Waals surface area contributed by atoms with Crippen LogP contribution in [-0.2, 0) is 5.54 Å². The number of halogens is 2. The fourth-order valence-corrected chi connectivity index (χ4v) is 3.54. The van der Waals surface area contributed by atoms with Crippen molar-refractivity contribution in [1.29, 1.82) is 0 Å². The molecule has 0 saturated heterocycles. The van der Waals surface area contributed by atoms with E-state index < -0.39 is 5.54 Å². The quantitative estimate of drug-likeness (QED) is 0.733. The van der Waals surface area contributed by atoms with Crippen molar-refractivity contribution in [1.82, 2.24) is 5.32 Å². The van der Waals surface area contributed by atoms with Crippen LogP contribution in [0.2, 0.25) is 0 Å². The molecule has 3 aromatic rings. The van der Waals surface area contributed by atoms with Gasteiger partial charge in [0.2, 0.25) is 0 Å². The summed E-state index contributed by atoms with van der Waals surface area (Å²) in [7, 11) is 3.98. The molecule has 1 heterocycles. The van der Waals surface area contributed by atoms with E-state index >= 15 is 0 Å². The highest BCUT2D eigenvalue weighted by Gasteiger charge is 2.39. The second-order valence-electron chi connectivity index (χ2n) is 7.15.